The Labute approximate surface area is 151 Å². The summed E-state index contributed by atoms with van der Waals surface area (Å²) in [5.74, 6) is 1.62. The van der Waals surface area contributed by atoms with Crippen molar-refractivity contribution >= 4 is 41.3 Å². The van der Waals surface area contributed by atoms with Crippen LogP contribution in [0.25, 0.3) is 0 Å². The second kappa shape index (κ2) is 9.72. The molecule has 7 nitrogen and oxygen atoms in total. The van der Waals surface area contributed by atoms with Crippen LogP contribution in [-0.4, -0.2) is 38.8 Å². The fourth-order valence-corrected chi connectivity index (χ4v) is 2.43. The standard InChI is InChI=1S/C13H21N7S.HI/c1-4-14-13(16-7-12-17-9-18-20(12)3)15-6-5-11-8-21-10(2)19-11;/h8-9H,4-7H2,1-3H3,(H2,14,15,16);1H. The molecule has 0 amide bonds. The molecular formula is C13H22IN7S. The maximum absolute atomic E-state index is 4.51. The highest BCUT2D eigenvalue weighted by molar-refractivity contribution is 14.0. The average molecular weight is 435 g/mol. The van der Waals surface area contributed by atoms with Crippen molar-refractivity contribution in [1.82, 2.24) is 30.4 Å². The lowest BCUT2D eigenvalue weighted by atomic mass is 10.3. The molecule has 2 N–H and O–H groups in total. The van der Waals surface area contributed by atoms with E-state index in [1.807, 2.05) is 20.9 Å². The van der Waals surface area contributed by atoms with E-state index in [4.69, 9.17) is 0 Å². The van der Waals surface area contributed by atoms with E-state index < -0.39 is 0 Å². The molecule has 0 atom stereocenters. The second-order valence-electron chi connectivity index (χ2n) is 4.53. The van der Waals surface area contributed by atoms with Crippen LogP contribution in [0.2, 0.25) is 0 Å². The number of nitrogens with zero attached hydrogens (tertiary/aromatic N) is 5. The van der Waals surface area contributed by atoms with Gasteiger partial charge in [0.05, 0.1) is 10.7 Å². The van der Waals surface area contributed by atoms with Crippen molar-refractivity contribution in [3.05, 3.63) is 28.2 Å². The van der Waals surface area contributed by atoms with E-state index >= 15 is 0 Å². The quantitative estimate of drug-likeness (QED) is 0.409. The van der Waals surface area contributed by atoms with Gasteiger partial charge < -0.3 is 10.6 Å². The van der Waals surface area contributed by atoms with Crippen molar-refractivity contribution in [2.24, 2.45) is 12.0 Å². The first-order chi connectivity index (χ1) is 10.2. The minimum Gasteiger partial charge on any atom is -0.357 e. The maximum Gasteiger partial charge on any atom is 0.191 e. The zero-order valence-corrected chi connectivity index (χ0v) is 16.2. The number of hydrogen-bond donors (Lipinski definition) is 2. The molecule has 0 saturated carbocycles. The van der Waals surface area contributed by atoms with Crippen LogP contribution < -0.4 is 10.6 Å². The molecule has 122 valence electrons. The van der Waals surface area contributed by atoms with Crippen molar-refractivity contribution in [2.45, 2.75) is 26.8 Å². The summed E-state index contributed by atoms with van der Waals surface area (Å²) in [5, 5.41) is 13.8. The van der Waals surface area contributed by atoms with Crippen LogP contribution in [-0.2, 0) is 20.0 Å². The van der Waals surface area contributed by atoms with Crippen LogP contribution in [0.5, 0.6) is 0 Å². The van der Waals surface area contributed by atoms with E-state index in [9.17, 15) is 0 Å². The third kappa shape index (κ3) is 5.87. The Morgan fingerprint density at radius 1 is 1.41 bits per heavy atom. The monoisotopic (exact) mass is 435 g/mol. The van der Waals surface area contributed by atoms with Gasteiger partial charge in [-0.15, -0.1) is 35.3 Å². The fraction of sp³-hybridized carbons (Fsp3) is 0.538. The number of halogens is 1. The molecule has 0 aliphatic rings. The Bertz CT molecular complexity index is 593. The first kappa shape index (κ1) is 18.8. The van der Waals surface area contributed by atoms with E-state index in [0.29, 0.717) is 6.54 Å². The van der Waals surface area contributed by atoms with Crippen LogP contribution in [0, 0.1) is 6.92 Å². The number of thiazole rings is 1. The maximum atomic E-state index is 4.51. The van der Waals surface area contributed by atoms with E-state index in [1.165, 1.54) is 6.33 Å². The van der Waals surface area contributed by atoms with Crippen LogP contribution in [0.4, 0.5) is 0 Å². The summed E-state index contributed by atoms with van der Waals surface area (Å²) in [7, 11) is 1.86. The SMILES string of the molecule is CCNC(=NCc1ncnn1C)NCCc1csc(C)n1.I. The van der Waals surface area contributed by atoms with Gasteiger partial charge in [0.25, 0.3) is 0 Å². The topological polar surface area (TPSA) is 80.0 Å². The van der Waals surface area contributed by atoms with Crippen LogP contribution >= 0.6 is 35.3 Å². The molecule has 2 aromatic rings. The molecule has 0 bridgehead atoms. The summed E-state index contributed by atoms with van der Waals surface area (Å²) < 4.78 is 1.73. The average Bonchev–Trinajstić information content (AvgIpc) is 3.05. The summed E-state index contributed by atoms with van der Waals surface area (Å²) in [4.78, 5) is 13.1. The Kier molecular flexibility index (Phi) is 8.31. The number of aliphatic imine (C=N–C) groups is 1. The Balaban J connectivity index is 0.00000242. The first-order valence-corrected chi connectivity index (χ1v) is 7.83. The van der Waals surface area contributed by atoms with Crippen molar-refractivity contribution in [2.75, 3.05) is 13.1 Å². The fourth-order valence-electron chi connectivity index (χ4n) is 1.79. The molecule has 0 unspecified atom stereocenters. The molecule has 0 fully saturated rings. The molecule has 0 aliphatic heterocycles. The number of nitrogens with one attached hydrogen (secondary N) is 2. The Morgan fingerprint density at radius 2 is 2.23 bits per heavy atom. The third-order valence-electron chi connectivity index (χ3n) is 2.87. The summed E-state index contributed by atoms with van der Waals surface area (Å²) in [6.45, 7) is 6.19. The Hall–Kier alpha value is -1.23. The lowest BCUT2D eigenvalue weighted by Crippen LogP contribution is -2.38. The van der Waals surface area contributed by atoms with E-state index in [0.717, 1.165) is 42.0 Å². The highest BCUT2D eigenvalue weighted by atomic mass is 127. The van der Waals surface area contributed by atoms with Gasteiger partial charge in [-0.3, -0.25) is 4.68 Å². The van der Waals surface area contributed by atoms with Gasteiger partial charge in [-0.2, -0.15) is 5.10 Å². The molecule has 0 spiro atoms. The van der Waals surface area contributed by atoms with Gasteiger partial charge in [0.15, 0.2) is 5.96 Å². The van der Waals surface area contributed by atoms with Crippen LogP contribution in [0.15, 0.2) is 16.7 Å². The highest BCUT2D eigenvalue weighted by Crippen LogP contribution is 2.07. The number of rotatable bonds is 6. The number of aromatic nitrogens is 4. The smallest absolute Gasteiger partial charge is 0.191 e. The molecule has 0 aliphatic carbocycles. The molecule has 22 heavy (non-hydrogen) atoms. The molecule has 2 aromatic heterocycles. The second-order valence-corrected chi connectivity index (χ2v) is 5.59. The largest absolute Gasteiger partial charge is 0.357 e. The number of guanidine groups is 1. The number of hydrogen-bond acceptors (Lipinski definition) is 5. The van der Waals surface area contributed by atoms with Gasteiger partial charge in [0.1, 0.15) is 18.7 Å². The van der Waals surface area contributed by atoms with E-state index in [-0.39, 0.29) is 24.0 Å². The van der Waals surface area contributed by atoms with E-state index in [1.54, 1.807) is 16.0 Å². The summed E-state index contributed by atoms with van der Waals surface area (Å²) in [6, 6.07) is 0. The summed E-state index contributed by atoms with van der Waals surface area (Å²) >= 11 is 1.68. The molecule has 0 aromatic carbocycles. The van der Waals surface area contributed by atoms with E-state index in [2.05, 4.69) is 36.1 Å². The van der Waals surface area contributed by atoms with Crippen molar-refractivity contribution in [3.8, 4) is 0 Å². The zero-order chi connectivity index (χ0) is 15.1. The van der Waals surface area contributed by atoms with Gasteiger partial charge in [0, 0.05) is 31.9 Å². The Morgan fingerprint density at radius 3 is 2.82 bits per heavy atom. The molecule has 0 radical (unpaired) electrons. The van der Waals surface area contributed by atoms with Gasteiger partial charge in [0.2, 0.25) is 0 Å². The lowest BCUT2D eigenvalue weighted by Gasteiger charge is -2.10. The van der Waals surface area contributed by atoms with Gasteiger partial charge in [-0.1, -0.05) is 0 Å². The molecule has 2 heterocycles. The molecule has 2 rings (SSSR count). The first-order valence-electron chi connectivity index (χ1n) is 6.95. The predicted octanol–water partition coefficient (Wildman–Crippen LogP) is 1.50. The van der Waals surface area contributed by atoms with Crippen molar-refractivity contribution < 1.29 is 0 Å². The summed E-state index contributed by atoms with van der Waals surface area (Å²) in [6.07, 6.45) is 2.43. The highest BCUT2D eigenvalue weighted by Gasteiger charge is 2.02. The normalized spacial score (nSPS) is 11.1. The van der Waals surface area contributed by atoms with Gasteiger partial charge in [-0.05, 0) is 13.8 Å². The van der Waals surface area contributed by atoms with Gasteiger partial charge in [-0.25, -0.2) is 15.0 Å². The minimum atomic E-state index is 0. The van der Waals surface area contributed by atoms with Crippen LogP contribution in [0.3, 0.4) is 0 Å². The van der Waals surface area contributed by atoms with Gasteiger partial charge >= 0.3 is 0 Å². The zero-order valence-electron chi connectivity index (χ0n) is 13.0. The van der Waals surface area contributed by atoms with Crippen LogP contribution in [0.1, 0.15) is 23.4 Å². The lowest BCUT2D eigenvalue weighted by molar-refractivity contribution is 0.697. The minimum absolute atomic E-state index is 0. The van der Waals surface area contributed by atoms with Crippen molar-refractivity contribution in [3.63, 3.8) is 0 Å². The molecule has 9 heteroatoms. The molecular weight excluding hydrogens is 413 g/mol. The number of aryl methyl sites for hydroxylation is 2. The predicted molar refractivity (Wildman–Crippen MR) is 99.8 cm³/mol. The summed E-state index contributed by atoms with van der Waals surface area (Å²) in [5.41, 5.74) is 1.12. The molecule has 0 saturated heterocycles. The van der Waals surface area contributed by atoms with Crippen molar-refractivity contribution in [1.29, 1.82) is 0 Å². The third-order valence-corrected chi connectivity index (χ3v) is 3.69.